The molecule has 26 heavy (non-hydrogen) atoms. The number of halogens is 1. The lowest BCUT2D eigenvalue weighted by molar-refractivity contribution is 0.0728. The second kappa shape index (κ2) is 6.29. The fourth-order valence-corrected chi connectivity index (χ4v) is 3.88. The van der Waals surface area contributed by atoms with Crippen LogP contribution in [-0.2, 0) is 0 Å². The molecule has 1 aliphatic rings. The number of aromatic amines is 2. The second-order valence-corrected chi connectivity index (χ2v) is 7.19. The minimum absolute atomic E-state index is 0.172. The van der Waals surface area contributed by atoms with Gasteiger partial charge in [-0.1, -0.05) is 11.6 Å². The molecule has 0 saturated carbocycles. The molecule has 1 atom stereocenters. The van der Waals surface area contributed by atoms with Crippen molar-refractivity contribution in [3.63, 3.8) is 0 Å². The van der Waals surface area contributed by atoms with Gasteiger partial charge in [0.1, 0.15) is 11.4 Å². The van der Waals surface area contributed by atoms with E-state index in [-0.39, 0.29) is 22.9 Å². The van der Waals surface area contributed by atoms with Gasteiger partial charge in [0.15, 0.2) is 5.43 Å². The molecule has 4 rings (SSSR count). The number of H-pyrrole nitrogens is 2. The predicted octanol–water partition coefficient (Wildman–Crippen LogP) is 3.50. The van der Waals surface area contributed by atoms with Crippen molar-refractivity contribution >= 4 is 28.5 Å². The molecule has 0 radical (unpaired) electrons. The van der Waals surface area contributed by atoms with Gasteiger partial charge in [-0.05, 0) is 44.9 Å². The standard InChI is InChI=1S/C19H19ClN4O2/c1-10-8-16(25)17(11(2)21-10)19(26)24-7-3-4-15(24)18-22-13-6-5-12(20)9-14(13)23-18/h5-6,8-9,15H,3-4,7H2,1-2H3,(H,21,25)(H,22,23)/t15-/m1/s1. The molecular formula is C19H19ClN4O2. The fraction of sp³-hybridized carbons (Fsp3) is 0.316. The Morgan fingerprint density at radius 1 is 1.27 bits per heavy atom. The number of likely N-dealkylation sites (tertiary alicyclic amines) is 1. The van der Waals surface area contributed by atoms with Crippen molar-refractivity contribution in [2.75, 3.05) is 6.54 Å². The van der Waals surface area contributed by atoms with Gasteiger partial charge in [0.25, 0.3) is 5.91 Å². The van der Waals surface area contributed by atoms with Crippen LogP contribution in [-0.4, -0.2) is 32.3 Å². The Kier molecular flexibility index (Phi) is 4.07. The summed E-state index contributed by atoms with van der Waals surface area (Å²) in [6.45, 7) is 4.17. The number of nitrogens with zero attached hydrogens (tertiary/aromatic N) is 2. The zero-order valence-electron chi connectivity index (χ0n) is 14.6. The first-order valence-corrected chi connectivity index (χ1v) is 8.98. The molecule has 1 aliphatic heterocycles. The highest BCUT2D eigenvalue weighted by atomic mass is 35.5. The van der Waals surface area contributed by atoms with Crippen LogP contribution in [0.2, 0.25) is 5.02 Å². The molecule has 1 aromatic carbocycles. The van der Waals surface area contributed by atoms with E-state index in [4.69, 9.17) is 11.6 Å². The van der Waals surface area contributed by atoms with Crippen molar-refractivity contribution in [1.82, 2.24) is 19.9 Å². The summed E-state index contributed by atoms with van der Waals surface area (Å²) in [6.07, 6.45) is 1.68. The zero-order chi connectivity index (χ0) is 18.4. The van der Waals surface area contributed by atoms with Gasteiger partial charge in [-0.2, -0.15) is 0 Å². The maximum atomic E-state index is 13.1. The molecule has 7 heteroatoms. The molecule has 0 spiro atoms. The molecule has 1 saturated heterocycles. The molecule has 1 fully saturated rings. The Morgan fingerprint density at radius 2 is 2.08 bits per heavy atom. The minimum atomic E-state index is -0.246. The lowest BCUT2D eigenvalue weighted by Gasteiger charge is -2.23. The first kappa shape index (κ1) is 16.8. The summed E-state index contributed by atoms with van der Waals surface area (Å²) < 4.78 is 0. The van der Waals surface area contributed by atoms with E-state index in [1.807, 2.05) is 12.1 Å². The maximum Gasteiger partial charge on any atom is 0.260 e. The highest BCUT2D eigenvalue weighted by molar-refractivity contribution is 6.31. The van der Waals surface area contributed by atoms with Gasteiger partial charge in [-0.3, -0.25) is 9.59 Å². The summed E-state index contributed by atoms with van der Waals surface area (Å²) in [6, 6.07) is 6.76. The van der Waals surface area contributed by atoms with E-state index in [1.165, 1.54) is 6.07 Å². The Balaban J connectivity index is 1.72. The smallest absolute Gasteiger partial charge is 0.260 e. The number of carbonyl (C=O) groups is 1. The van der Waals surface area contributed by atoms with Gasteiger partial charge < -0.3 is 14.9 Å². The largest absolute Gasteiger partial charge is 0.362 e. The maximum absolute atomic E-state index is 13.1. The molecule has 0 unspecified atom stereocenters. The van der Waals surface area contributed by atoms with Crippen molar-refractivity contribution in [1.29, 1.82) is 0 Å². The van der Waals surface area contributed by atoms with Gasteiger partial charge in [0.2, 0.25) is 0 Å². The summed E-state index contributed by atoms with van der Waals surface area (Å²) in [5.74, 6) is 0.485. The number of pyridine rings is 1. The van der Waals surface area contributed by atoms with Crippen molar-refractivity contribution < 1.29 is 4.79 Å². The summed E-state index contributed by atoms with van der Waals surface area (Å²) in [7, 11) is 0. The number of hydrogen-bond donors (Lipinski definition) is 2. The average Bonchev–Trinajstić information content (AvgIpc) is 3.19. The van der Waals surface area contributed by atoms with E-state index in [0.29, 0.717) is 17.3 Å². The topological polar surface area (TPSA) is 81.8 Å². The molecule has 134 valence electrons. The van der Waals surface area contributed by atoms with Crippen LogP contribution in [0.1, 0.15) is 46.5 Å². The zero-order valence-corrected chi connectivity index (χ0v) is 15.4. The Morgan fingerprint density at radius 3 is 2.85 bits per heavy atom. The van der Waals surface area contributed by atoms with Crippen LogP contribution < -0.4 is 5.43 Å². The first-order chi connectivity index (χ1) is 12.4. The Hall–Kier alpha value is -2.60. The normalized spacial score (nSPS) is 17.2. The third kappa shape index (κ3) is 2.80. The van der Waals surface area contributed by atoms with Crippen LogP contribution in [0.5, 0.6) is 0 Å². The molecule has 3 aromatic rings. The molecule has 2 N–H and O–H groups in total. The van der Waals surface area contributed by atoms with E-state index in [0.717, 1.165) is 35.4 Å². The Labute approximate surface area is 155 Å². The van der Waals surface area contributed by atoms with Crippen molar-refractivity contribution in [3.8, 4) is 0 Å². The fourth-order valence-electron chi connectivity index (χ4n) is 3.71. The SMILES string of the molecule is Cc1cc(=O)c(C(=O)N2CCC[C@@H]2c2nc3ccc(Cl)cc3[nH]2)c(C)[nH]1. The number of hydrogen-bond acceptors (Lipinski definition) is 3. The van der Waals surface area contributed by atoms with Crippen LogP contribution in [0.15, 0.2) is 29.1 Å². The lowest BCUT2D eigenvalue weighted by Crippen LogP contribution is -2.35. The molecule has 0 bridgehead atoms. The van der Waals surface area contributed by atoms with Crippen LogP contribution in [0.3, 0.4) is 0 Å². The van der Waals surface area contributed by atoms with E-state index in [2.05, 4.69) is 15.0 Å². The highest BCUT2D eigenvalue weighted by Gasteiger charge is 2.34. The van der Waals surface area contributed by atoms with E-state index in [1.54, 1.807) is 24.8 Å². The summed E-state index contributed by atoms with van der Waals surface area (Å²) >= 11 is 6.04. The number of benzene rings is 1. The van der Waals surface area contributed by atoms with Gasteiger partial charge in [0, 0.05) is 29.0 Å². The average molecular weight is 371 g/mol. The van der Waals surface area contributed by atoms with Crippen LogP contribution in [0, 0.1) is 13.8 Å². The molecule has 2 aromatic heterocycles. The number of amides is 1. The first-order valence-electron chi connectivity index (χ1n) is 8.60. The summed E-state index contributed by atoms with van der Waals surface area (Å²) in [5, 5.41) is 0.633. The molecular weight excluding hydrogens is 352 g/mol. The number of carbonyl (C=O) groups excluding carboxylic acids is 1. The predicted molar refractivity (Wildman–Crippen MR) is 101 cm³/mol. The molecule has 3 heterocycles. The number of rotatable bonds is 2. The van der Waals surface area contributed by atoms with Gasteiger partial charge in [-0.15, -0.1) is 0 Å². The number of nitrogens with one attached hydrogen (secondary N) is 2. The van der Waals surface area contributed by atoms with Crippen LogP contribution >= 0.6 is 11.6 Å². The number of aromatic nitrogens is 3. The second-order valence-electron chi connectivity index (χ2n) is 6.76. The Bertz CT molecular complexity index is 1070. The number of imidazole rings is 1. The van der Waals surface area contributed by atoms with Crippen molar-refractivity contribution in [2.45, 2.75) is 32.7 Å². The van der Waals surface area contributed by atoms with Gasteiger partial charge in [0.05, 0.1) is 17.1 Å². The van der Waals surface area contributed by atoms with Crippen molar-refractivity contribution in [2.24, 2.45) is 0 Å². The summed E-state index contributed by atoms with van der Waals surface area (Å²) in [4.78, 5) is 38.2. The quantitative estimate of drug-likeness (QED) is 0.724. The minimum Gasteiger partial charge on any atom is -0.362 e. The van der Waals surface area contributed by atoms with E-state index < -0.39 is 0 Å². The monoisotopic (exact) mass is 370 g/mol. The number of aryl methyl sites for hydroxylation is 2. The van der Waals surface area contributed by atoms with Crippen molar-refractivity contribution in [3.05, 3.63) is 62.3 Å². The number of fused-ring (bicyclic) bond motifs is 1. The van der Waals surface area contributed by atoms with E-state index in [9.17, 15) is 9.59 Å². The van der Waals surface area contributed by atoms with E-state index >= 15 is 0 Å². The third-order valence-corrected chi connectivity index (χ3v) is 5.09. The summed E-state index contributed by atoms with van der Waals surface area (Å²) in [5.41, 5.74) is 2.97. The molecule has 0 aliphatic carbocycles. The molecule has 6 nitrogen and oxygen atoms in total. The van der Waals surface area contributed by atoms with Crippen LogP contribution in [0.25, 0.3) is 11.0 Å². The van der Waals surface area contributed by atoms with Gasteiger partial charge >= 0.3 is 0 Å². The lowest BCUT2D eigenvalue weighted by atomic mass is 10.1. The van der Waals surface area contributed by atoms with Gasteiger partial charge in [-0.25, -0.2) is 4.98 Å². The molecule has 1 amide bonds. The third-order valence-electron chi connectivity index (χ3n) is 4.86. The van der Waals surface area contributed by atoms with Crippen LogP contribution in [0.4, 0.5) is 0 Å². The highest BCUT2D eigenvalue weighted by Crippen LogP contribution is 2.33.